The Balaban J connectivity index is 1.46. The Labute approximate surface area is 180 Å². The zero-order valence-electron chi connectivity index (χ0n) is 17.5. The zero-order valence-corrected chi connectivity index (χ0v) is 17.5. The summed E-state index contributed by atoms with van der Waals surface area (Å²) in [5, 5.41) is 4.41. The topological polar surface area (TPSA) is 67.3 Å². The lowest BCUT2D eigenvalue weighted by Crippen LogP contribution is -2.35. The van der Waals surface area contributed by atoms with Crippen molar-refractivity contribution in [2.45, 2.75) is 44.3 Å². The summed E-state index contributed by atoms with van der Waals surface area (Å²) in [4.78, 5) is 23.0. The van der Waals surface area contributed by atoms with E-state index in [4.69, 9.17) is 4.74 Å². The van der Waals surface area contributed by atoms with Crippen LogP contribution in [0.5, 0.6) is 0 Å². The van der Waals surface area contributed by atoms with E-state index in [2.05, 4.69) is 15.3 Å². The van der Waals surface area contributed by atoms with Crippen molar-refractivity contribution >= 4 is 22.6 Å². The Hall–Kier alpha value is -3.06. The number of halogens is 1. The first-order valence-electron chi connectivity index (χ1n) is 10.7. The van der Waals surface area contributed by atoms with Crippen LogP contribution in [0.1, 0.15) is 31.2 Å². The molecule has 2 aromatic carbocycles. The number of benzene rings is 2. The maximum absolute atomic E-state index is 14.6. The third kappa shape index (κ3) is 4.37. The van der Waals surface area contributed by atoms with Gasteiger partial charge >= 0.3 is 0 Å². The average molecular weight is 420 g/mol. The summed E-state index contributed by atoms with van der Waals surface area (Å²) in [5.74, 6) is 0.426. The molecular formula is C24H25FN4O2. The summed E-state index contributed by atoms with van der Waals surface area (Å²) >= 11 is 0. The Morgan fingerprint density at radius 3 is 2.65 bits per heavy atom. The Morgan fingerprint density at radius 1 is 1.13 bits per heavy atom. The molecule has 1 aromatic heterocycles. The first-order chi connectivity index (χ1) is 15.1. The van der Waals surface area contributed by atoms with Crippen LogP contribution in [0.2, 0.25) is 0 Å². The largest absolute Gasteiger partial charge is 0.375 e. The number of methoxy groups -OCH3 is 1. The fourth-order valence-electron chi connectivity index (χ4n) is 3.84. The molecule has 3 aromatic rings. The average Bonchev–Trinajstić information content (AvgIpc) is 3.68. The summed E-state index contributed by atoms with van der Waals surface area (Å²) in [6.07, 6.45) is 5.81. The van der Waals surface area contributed by atoms with Gasteiger partial charge in [-0.25, -0.2) is 14.4 Å². The highest BCUT2D eigenvalue weighted by molar-refractivity contribution is 5.92. The van der Waals surface area contributed by atoms with Gasteiger partial charge in [0.1, 0.15) is 24.6 Å². The molecule has 1 N–H and O–H groups in total. The van der Waals surface area contributed by atoms with Gasteiger partial charge in [0, 0.05) is 36.7 Å². The van der Waals surface area contributed by atoms with Crippen molar-refractivity contribution in [3.8, 4) is 11.1 Å². The summed E-state index contributed by atoms with van der Waals surface area (Å²) in [5.41, 5.74) is 3.24. The van der Waals surface area contributed by atoms with Crippen LogP contribution in [-0.4, -0.2) is 46.6 Å². The third-order valence-electron chi connectivity index (χ3n) is 5.85. The van der Waals surface area contributed by atoms with Gasteiger partial charge in [0.15, 0.2) is 0 Å². The smallest absolute Gasteiger partial charge is 0.249 e. The summed E-state index contributed by atoms with van der Waals surface area (Å²) in [6.45, 7) is 0.261. The molecule has 2 aliphatic carbocycles. The molecule has 160 valence electrons. The lowest BCUT2D eigenvalue weighted by Gasteiger charge is -2.23. The molecule has 0 spiro atoms. The van der Waals surface area contributed by atoms with Crippen LogP contribution in [0, 0.1) is 5.82 Å². The van der Waals surface area contributed by atoms with Crippen molar-refractivity contribution in [2.75, 3.05) is 19.0 Å². The molecule has 2 saturated carbocycles. The van der Waals surface area contributed by atoms with Crippen LogP contribution in [0.3, 0.4) is 0 Å². The quantitative estimate of drug-likeness (QED) is 0.593. The minimum atomic E-state index is -0.306. The first-order valence-corrected chi connectivity index (χ1v) is 10.7. The normalized spacial score (nSPS) is 15.8. The summed E-state index contributed by atoms with van der Waals surface area (Å²) in [7, 11) is 1.50. The van der Waals surface area contributed by atoms with Crippen molar-refractivity contribution < 1.29 is 13.9 Å². The number of carbonyl (C=O) groups is 1. The predicted molar refractivity (Wildman–Crippen MR) is 117 cm³/mol. The molecular weight excluding hydrogens is 395 g/mol. The van der Waals surface area contributed by atoms with Crippen molar-refractivity contribution in [1.29, 1.82) is 0 Å². The van der Waals surface area contributed by atoms with Gasteiger partial charge in [0.05, 0.1) is 5.52 Å². The SMILES string of the molecule is COCC(=O)N(Cc1cc(-c2ccc3ncnc(NC4CC4)c3c2)ccc1F)C1CC1. The number of hydrogen-bond donors (Lipinski definition) is 1. The maximum atomic E-state index is 14.6. The molecule has 6 nitrogen and oxygen atoms in total. The van der Waals surface area contributed by atoms with Gasteiger partial charge in [-0.05, 0) is 61.1 Å². The minimum Gasteiger partial charge on any atom is -0.375 e. The fourth-order valence-corrected chi connectivity index (χ4v) is 3.84. The molecule has 1 heterocycles. The molecule has 0 saturated heterocycles. The number of carbonyl (C=O) groups excluding carboxylic acids is 1. The second-order valence-electron chi connectivity index (χ2n) is 8.36. The number of nitrogens with one attached hydrogen (secondary N) is 1. The molecule has 0 atom stereocenters. The van der Waals surface area contributed by atoms with Crippen molar-refractivity contribution in [2.24, 2.45) is 0 Å². The molecule has 2 aliphatic rings. The van der Waals surface area contributed by atoms with Gasteiger partial charge in [0.2, 0.25) is 5.91 Å². The highest BCUT2D eigenvalue weighted by Crippen LogP contribution is 2.33. The monoisotopic (exact) mass is 420 g/mol. The van der Waals surface area contributed by atoms with Crippen LogP contribution in [0.4, 0.5) is 10.2 Å². The van der Waals surface area contributed by atoms with Gasteiger partial charge in [-0.3, -0.25) is 4.79 Å². The van der Waals surface area contributed by atoms with E-state index in [9.17, 15) is 9.18 Å². The van der Waals surface area contributed by atoms with E-state index < -0.39 is 0 Å². The molecule has 31 heavy (non-hydrogen) atoms. The third-order valence-corrected chi connectivity index (χ3v) is 5.85. The van der Waals surface area contributed by atoms with Gasteiger partial charge in [-0.2, -0.15) is 0 Å². The fraction of sp³-hybridized carbons (Fsp3) is 0.375. The Morgan fingerprint density at radius 2 is 1.90 bits per heavy atom. The van der Waals surface area contributed by atoms with Crippen molar-refractivity contribution in [1.82, 2.24) is 14.9 Å². The van der Waals surface area contributed by atoms with E-state index in [1.165, 1.54) is 13.2 Å². The minimum absolute atomic E-state index is 0.0132. The van der Waals surface area contributed by atoms with E-state index in [1.807, 2.05) is 24.3 Å². The highest BCUT2D eigenvalue weighted by atomic mass is 19.1. The van der Waals surface area contributed by atoms with Crippen LogP contribution >= 0.6 is 0 Å². The number of nitrogens with zero attached hydrogens (tertiary/aromatic N) is 3. The Bertz CT molecular complexity index is 1130. The molecule has 5 rings (SSSR count). The number of hydrogen-bond acceptors (Lipinski definition) is 5. The van der Waals surface area contributed by atoms with E-state index in [-0.39, 0.29) is 30.9 Å². The van der Waals surface area contributed by atoms with Crippen LogP contribution in [0.25, 0.3) is 22.0 Å². The van der Waals surface area contributed by atoms with Crippen molar-refractivity contribution in [3.63, 3.8) is 0 Å². The molecule has 7 heteroatoms. The Kier molecular flexibility index (Phi) is 5.28. The van der Waals surface area contributed by atoms with Crippen LogP contribution in [0.15, 0.2) is 42.7 Å². The van der Waals surface area contributed by atoms with E-state index in [1.54, 1.807) is 17.3 Å². The zero-order chi connectivity index (χ0) is 21.4. The van der Waals surface area contributed by atoms with Crippen LogP contribution < -0.4 is 5.32 Å². The second kappa shape index (κ2) is 8.23. The molecule has 2 fully saturated rings. The number of fused-ring (bicyclic) bond motifs is 1. The molecule has 0 bridgehead atoms. The standard InChI is InChI=1S/C24H25FN4O2/c1-31-13-23(30)29(19-6-7-19)12-17-10-15(2-8-21(17)25)16-3-9-22-20(11-16)24(27-14-26-22)28-18-4-5-18/h2-3,8-11,14,18-19H,4-7,12-13H2,1H3,(H,26,27,28). The van der Waals surface area contributed by atoms with Gasteiger partial charge in [-0.1, -0.05) is 12.1 Å². The number of amides is 1. The second-order valence-corrected chi connectivity index (χ2v) is 8.36. The van der Waals surface area contributed by atoms with Gasteiger partial charge < -0.3 is 15.0 Å². The molecule has 1 amide bonds. The number of anilines is 1. The molecule has 0 unspecified atom stereocenters. The highest BCUT2D eigenvalue weighted by Gasteiger charge is 2.33. The first kappa shape index (κ1) is 19.9. The van der Waals surface area contributed by atoms with Gasteiger partial charge in [0.25, 0.3) is 0 Å². The molecule has 0 radical (unpaired) electrons. The lowest BCUT2D eigenvalue weighted by atomic mass is 10.0. The summed E-state index contributed by atoms with van der Waals surface area (Å²) in [6, 6.07) is 11.8. The van der Waals surface area contributed by atoms with E-state index in [0.29, 0.717) is 11.6 Å². The predicted octanol–water partition coefficient (Wildman–Crippen LogP) is 4.15. The number of ether oxygens (including phenoxy) is 1. The van der Waals surface area contributed by atoms with E-state index in [0.717, 1.165) is 53.5 Å². The van der Waals surface area contributed by atoms with Crippen LogP contribution in [-0.2, 0) is 16.1 Å². The molecule has 0 aliphatic heterocycles. The number of rotatable bonds is 8. The maximum Gasteiger partial charge on any atom is 0.249 e. The van der Waals surface area contributed by atoms with Gasteiger partial charge in [-0.15, -0.1) is 0 Å². The van der Waals surface area contributed by atoms with Crippen molar-refractivity contribution in [3.05, 3.63) is 54.1 Å². The number of aromatic nitrogens is 2. The lowest BCUT2D eigenvalue weighted by molar-refractivity contribution is -0.136. The summed E-state index contributed by atoms with van der Waals surface area (Å²) < 4.78 is 19.7. The van der Waals surface area contributed by atoms with E-state index >= 15 is 0 Å².